The standard InChI is InChI=1S/C18H14Cl2N2O2/c1-11(2)16-17(23)21(14-7-3-12(19)4-8-14)22(18(16)24)15-9-5-13(20)6-10-15/h3-10H,1-2H3. The number of nitrogens with zero attached hydrogens (tertiary/aromatic N) is 2. The highest BCUT2D eigenvalue weighted by Crippen LogP contribution is 2.33. The maximum atomic E-state index is 12.8. The van der Waals surface area contributed by atoms with Crippen LogP contribution in [0.5, 0.6) is 0 Å². The Kier molecular flexibility index (Phi) is 4.35. The number of allylic oxidation sites excluding steroid dienone is 1. The summed E-state index contributed by atoms with van der Waals surface area (Å²) >= 11 is 11.9. The molecule has 0 atom stereocenters. The van der Waals surface area contributed by atoms with Crippen molar-refractivity contribution in [2.24, 2.45) is 0 Å². The van der Waals surface area contributed by atoms with Crippen molar-refractivity contribution < 1.29 is 9.59 Å². The molecule has 2 aromatic carbocycles. The van der Waals surface area contributed by atoms with Gasteiger partial charge < -0.3 is 0 Å². The van der Waals surface area contributed by atoms with Gasteiger partial charge in [-0.3, -0.25) is 9.59 Å². The van der Waals surface area contributed by atoms with Crippen molar-refractivity contribution in [1.82, 2.24) is 0 Å². The largest absolute Gasteiger partial charge is 0.283 e. The van der Waals surface area contributed by atoms with Gasteiger partial charge in [-0.05, 0) is 62.4 Å². The molecule has 0 radical (unpaired) electrons. The maximum Gasteiger partial charge on any atom is 0.283 e. The molecule has 1 aliphatic rings. The molecule has 1 aliphatic heterocycles. The zero-order valence-electron chi connectivity index (χ0n) is 13.1. The van der Waals surface area contributed by atoms with Gasteiger partial charge in [0.1, 0.15) is 5.57 Å². The molecule has 0 aliphatic carbocycles. The first-order valence-corrected chi connectivity index (χ1v) is 8.03. The fourth-order valence-corrected chi connectivity index (χ4v) is 2.79. The number of hydrogen-bond donors (Lipinski definition) is 0. The van der Waals surface area contributed by atoms with Crippen molar-refractivity contribution in [3.8, 4) is 0 Å². The summed E-state index contributed by atoms with van der Waals surface area (Å²) in [7, 11) is 0. The Labute approximate surface area is 149 Å². The minimum atomic E-state index is -0.364. The third-order valence-electron chi connectivity index (χ3n) is 3.65. The van der Waals surface area contributed by atoms with Crippen LogP contribution in [0, 0.1) is 0 Å². The van der Waals surface area contributed by atoms with Crippen LogP contribution in [-0.2, 0) is 9.59 Å². The van der Waals surface area contributed by atoms with Crippen LogP contribution in [0.4, 0.5) is 11.4 Å². The second kappa shape index (κ2) is 6.30. The predicted molar refractivity (Wildman–Crippen MR) is 96.3 cm³/mol. The summed E-state index contributed by atoms with van der Waals surface area (Å²) < 4.78 is 0. The summed E-state index contributed by atoms with van der Waals surface area (Å²) in [6.07, 6.45) is 0. The van der Waals surface area contributed by atoms with Gasteiger partial charge in [0.2, 0.25) is 0 Å². The van der Waals surface area contributed by atoms with Crippen molar-refractivity contribution in [2.45, 2.75) is 13.8 Å². The van der Waals surface area contributed by atoms with E-state index < -0.39 is 0 Å². The van der Waals surface area contributed by atoms with Gasteiger partial charge in [0.25, 0.3) is 11.8 Å². The monoisotopic (exact) mass is 360 g/mol. The number of carbonyl (C=O) groups is 2. The molecule has 0 spiro atoms. The van der Waals surface area contributed by atoms with E-state index in [1.165, 1.54) is 10.0 Å². The first-order valence-electron chi connectivity index (χ1n) is 7.27. The van der Waals surface area contributed by atoms with Gasteiger partial charge in [-0.2, -0.15) is 0 Å². The fourth-order valence-electron chi connectivity index (χ4n) is 2.54. The number of halogens is 2. The van der Waals surface area contributed by atoms with E-state index in [4.69, 9.17) is 23.2 Å². The molecule has 0 aromatic heterocycles. The summed E-state index contributed by atoms with van der Waals surface area (Å²) in [5.41, 5.74) is 1.95. The SMILES string of the molecule is CC(C)=C1C(=O)N(c2ccc(Cl)cc2)N(c2ccc(Cl)cc2)C1=O. The van der Waals surface area contributed by atoms with Gasteiger partial charge in [-0.25, -0.2) is 10.0 Å². The van der Waals surface area contributed by atoms with Gasteiger partial charge in [0.15, 0.2) is 0 Å². The first kappa shape index (κ1) is 16.6. The van der Waals surface area contributed by atoms with E-state index in [0.29, 0.717) is 27.0 Å². The van der Waals surface area contributed by atoms with E-state index >= 15 is 0 Å². The van der Waals surface area contributed by atoms with E-state index in [2.05, 4.69) is 0 Å². The second-order valence-corrected chi connectivity index (χ2v) is 6.43. The molecule has 4 nitrogen and oxygen atoms in total. The molecule has 1 fully saturated rings. The topological polar surface area (TPSA) is 40.6 Å². The lowest BCUT2D eigenvalue weighted by Gasteiger charge is -2.27. The number of carbonyl (C=O) groups excluding carboxylic acids is 2. The highest BCUT2D eigenvalue weighted by molar-refractivity contribution is 6.36. The number of hydrogen-bond acceptors (Lipinski definition) is 2. The third-order valence-corrected chi connectivity index (χ3v) is 4.16. The highest BCUT2D eigenvalue weighted by Gasteiger charge is 2.43. The number of amides is 2. The average molecular weight is 361 g/mol. The first-order chi connectivity index (χ1) is 11.4. The summed E-state index contributed by atoms with van der Waals surface area (Å²) in [6.45, 7) is 3.49. The zero-order valence-corrected chi connectivity index (χ0v) is 14.6. The van der Waals surface area contributed by atoms with Crippen LogP contribution in [0.15, 0.2) is 59.7 Å². The van der Waals surface area contributed by atoms with E-state index in [1.807, 2.05) is 0 Å². The van der Waals surface area contributed by atoms with Crippen LogP contribution >= 0.6 is 23.2 Å². The molecule has 1 heterocycles. The van der Waals surface area contributed by atoms with Gasteiger partial charge in [0, 0.05) is 10.0 Å². The van der Waals surface area contributed by atoms with Gasteiger partial charge in [0.05, 0.1) is 11.4 Å². The molecule has 0 unspecified atom stereocenters. The Morgan fingerprint density at radius 3 is 1.33 bits per heavy atom. The van der Waals surface area contributed by atoms with Gasteiger partial charge >= 0.3 is 0 Å². The molecule has 1 saturated heterocycles. The molecule has 2 amide bonds. The summed E-state index contributed by atoms with van der Waals surface area (Å²) in [4.78, 5) is 25.7. The van der Waals surface area contributed by atoms with Crippen LogP contribution < -0.4 is 10.0 Å². The number of hydrazine groups is 1. The minimum absolute atomic E-state index is 0.167. The van der Waals surface area contributed by atoms with Crippen LogP contribution in [0.1, 0.15) is 13.8 Å². The normalized spacial score (nSPS) is 14.6. The van der Waals surface area contributed by atoms with Crippen molar-refractivity contribution in [3.05, 3.63) is 69.7 Å². The van der Waals surface area contributed by atoms with Crippen molar-refractivity contribution in [1.29, 1.82) is 0 Å². The number of rotatable bonds is 2. The molecule has 24 heavy (non-hydrogen) atoms. The molecule has 0 N–H and O–H groups in total. The second-order valence-electron chi connectivity index (χ2n) is 5.56. The third kappa shape index (κ3) is 2.79. The Morgan fingerprint density at radius 2 is 1.04 bits per heavy atom. The lowest BCUT2D eigenvalue weighted by molar-refractivity contribution is -0.116. The number of benzene rings is 2. The molecular weight excluding hydrogens is 347 g/mol. The molecule has 3 rings (SSSR count). The van der Waals surface area contributed by atoms with E-state index in [0.717, 1.165) is 0 Å². The molecule has 122 valence electrons. The maximum absolute atomic E-state index is 12.8. The quantitative estimate of drug-likeness (QED) is 0.578. The Bertz CT molecular complexity index is 773. The van der Waals surface area contributed by atoms with E-state index in [9.17, 15) is 9.59 Å². The number of anilines is 2. The minimum Gasteiger partial charge on any atom is -0.267 e. The Morgan fingerprint density at radius 1 is 0.708 bits per heavy atom. The van der Waals surface area contributed by atoms with E-state index in [1.54, 1.807) is 62.4 Å². The van der Waals surface area contributed by atoms with Crippen LogP contribution in [-0.4, -0.2) is 11.8 Å². The zero-order chi connectivity index (χ0) is 17.4. The summed E-state index contributed by atoms with van der Waals surface area (Å²) in [6, 6.07) is 13.5. The lowest BCUT2D eigenvalue weighted by Crippen LogP contribution is -2.41. The van der Waals surface area contributed by atoms with Crippen LogP contribution in [0.2, 0.25) is 10.0 Å². The summed E-state index contributed by atoms with van der Waals surface area (Å²) in [5.74, 6) is -0.727. The van der Waals surface area contributed by atoms with Crippen molar-refractivity contribution in [2.75, 3.05) is 10.0 Å². The van der Waals surface area contributed by atoms with Crippen LogP contribution in [0.25, 0.3) is 0 Å². The molecule has 0 bridgehead atoms. The van der Waals surface area contributed by atoms with E-state index in [-0.39, 0.29) is 17.4 Å². The van der Waals surface area contributed by atoms with Gasteiger partial charge in [-0.1, -0.05) is 28.8 Å². The average Bonchev–Trinajstić information content (AvgIpc) is 2.80. The summed E-state index contributed by atoms with van der Waals surface area (Å²) in [5, 5.41) is 3.81. The Balaban J connectivity index is 2.16. The molecular formula is C18H14Cl2N2O2. The smallest absolute Gasteiger partial charge is 0.267 e. The van der Waals surface area contributed by atoms with Gasteiger partial charge in [-0.15, -0.1) is 0 Å². The van der Waals surface area contributed by atoms with Crippen molar-refractivity contribution >= 4 is 46.4 Å². The molecule has 6 heteroatoms. The predicted octanol–water partition coefficient (Wildman–Crippen LogP) is 4.62. The lowest BCUT2D eigenvalue weighted by atomic mass is 10.1. The fraction of sp³-hybridized carbons (Fsp3) is 0.111. The molecule has 0 saturated carbocycles. The van der Waals surface area contributed by atoms with Crippen LogP contribution in [0.3, 0.4) is 0 Å². The molecule has 2 aromatic rings. The Hall–Kier alpha value is -2.30. The highest BCUT2D eigenvalue weighted by atomic mass is 35.5. The van der Waals surface area contributed by atoms with Crippen molar-refractivity contribution in [3.63, 3.8) is 0 Å².